The summed E-state index contributed by atoms with van der Waals surface area (Å²) in [5, 5.41) is 23.7. The largest absolute Gasteiger partial charge is 0.461 e. The molecule has 3 atom stereocenters. The highest BCUT2D eigenvalue weighted by Gasteiger charge is 2.23. The normalized spacial score (nSPS) is 14.0. The number of aliphatic hydroxyl groups excluding tert-OH is 2. The van der Waals surface area contributed by atoms with E-state index in [0.29, 0.717) is 19.3 Å². The van der Waals surface area contributed by atoms with Crippen molar-refractivity contribution in [3.8, 4) is 0 Å². The van der Waals surface area contributed by atoms with Crippen LogP contribution in [0.15, 0.2) is 85.1 Å². The third-order valence-electron chi connectivity index (χ3n) is 11.0. The summed E-state index contributed by atoms with van der Waals surface area (Å²) in [5.74, 6) is -0.616. The monoisotopic (exact) mass is 850 g/mol. The Hall–Kier alpha value is -2.96. The summed E-state index contributed by atoms with van der Waals surface area (Å²) >= 11 is 0. The molecular weight excluding hydrogens is 755 g/mol. The number of aliphatic hydroxyl groups is 2. The smallest absolute Gasteiger partial charge is 0.306 e. The molecule has 0 spiro atoms. The van der Waals surface area contributed by atoms with Crippen molar-refractivity contribution in [2.24, 2.45) is 0 Å². The molecule has 1 amide bonds. The van der Waals surface area contributed by atoms with Crippen LogP contribution in [0.1, 0.15) is 226 Å². The molecule has 0 aromatic heterocycles. The minimum Gasteiger partial charge on any atom is -0.461 e. The lowest BCUT2D eigenvalue weighted by Gasteiger charge is -2.24. The number of hydrogen-bond donors (Lipinski definition) is 3. The first-order valence-electron chi connectivity index (χ1n) is 25.3. The molecule has 6 heteroatoms. The lowest BCUT2D eigenvalue weighted by molar-refractivity contribution is -0.150. The van der Waals surface area contributed by atoms with Crippen LogP contribution >= 0.6 is 0 Å². The summed E-state index contributed by atoms with van der Waals surface area (Å²) < 4.78 is 5.85. The third-order valence-corrected chi connectivity index (χ3v) is 11.0. The first kappa shape index (κ1) is 58.0. The van der Waals surface area contributed by atoms with E-state index in [-0.39, 0.29) is 24.9 Å². The molecule has 0 saturated carbocycles. The predicted molar refractivity (Wildman–Crippen MR) is 264 cm³/mol. The maximum absolute atomic E-state index is 13.2. The van der Waals surface area contributed by atoms with Gasteiger partial charge in [-0.1, -0.05) is 221 Å². The van der Waals surface area contributed by atoms with Crippen LogP contribution in [0.25, 0.3) is 0 Å². The van der Waals surface area contributed by atoms with Gasteiger partial charge >= 0.3 is 5.97 Å². The minimum atomic E-state index is -0.819. The second-order valence-electron chi connectivity index (χ2n) is 16.9. The van der Waals surface area contributed by atoms with E-state index in [1.807, 2.05) is 12.2 Å². The van der Waals surface area contributed by atoms with Gasteiger partial charge < -0.3 is 20.3 Å². The van der Waals surface area contributed by atoms with Crippen LogP contribution in [0, 0.1) is 0 Å². The lowest BCUT2D eigenvalue weighted by Crippen LogP contribution is -2.46. The van der Waals surface area contributed by atoms with Gasteiger partial charge in [-0.15, -0.1) is 0 Å². The Morgan fingerprint density at radius 1 is 0.525 bits per heavy atom. The first-order chi connectivity index (χ1) is 30.0. The van der Waals surface area contributed by atoms with Gasteiger partial charge in [0.25, 0.3) is 0 Å². The van der Waals surface area contributed by atoms with Gasteiger partial charge in [-0.3, -0.25) is 9.59 Å². The van der Waals surface area contributed by atoms with E-state index in [1.54, 1.807) is 0 Å². The van der Waals surface area contributed by atoms with Crippen molar-refractivity contribution in [3.63, 3.8) is 0 Å². The SMILES string of the molecule is CC/C=C\C/C=C\C/C=C\C/C=C\C/C=C\CC(CC(=O)NC(CO)C(O)CCCCCCCCCCCCC)OC(=O)CCCCC/C=C/C=C/CCCCCCCCC. The number of allylic oxidation sites excluding steroid dienone is 13. The zero-order valence-corrected chi connectivity index (χ0v) is 39.8. The number of carbonyl (C=O) groups is 2. The van der Waals surface area contributed by atoms with Gasteiger partial charge in [0.05, 0.1) is 25.2 Å². The van der Waals surface area contributed by atoms with Gasteiger partial charge in [0.15, 0.2) is 0 Å². The van der Waals surface area contributed by atoms with Crippen molar-refractivity contribution in [1.29, 1.82) is 0 Å². The number of hydrogen-bond acceptors (Lipinski definition) is 5. The Balaban J connectivity index is 4.79. The van der Waals surface area contributed by atoms with Crippen molar-refractivity contribution < 1.29 is 24.5 Å². The lowest BCUT2D eigenvalue weighted by atomic mass is 10.0. The standard InChI is InChI=1S/C55H95NO5/c1-4-7-10-13-16-19-22-24-26-28-30-33-36-39-42-45-48-55(60)61-51(46-43-40-37-34-32-29-27-25-23-20-17-14-11-8-5-2)49-54(59)56-52(50-57)53(58)47-44-41-38-35-31-21-18-15-12-9-6-3/h8,11,17,20,25-28,30,32-34,40,43,51-53,57-58H,4-7,9-10,12-16,18-19,21-24,29,31,35-39,41-42,44-50H2,1-3H3,(H,56,59)/b11-8-,20-17-,27-25-,28-26+,33-30+,34-32-,43-40-. The molecule has 0 aromatic rings. The number of ether oxygens (including phenoxy) is 1. The first-order valence-corrected chi connectivity index (χ1v) is 25.3. The van der Waals surface area contributed by atoms with Crippen molar-refractivity contribution >= 4 is 11.9 Å². The van der Waals surface area contributed by atoms with Crippen LogP contribution in [0.2, 0.25) is 0 Å². The quantitative estimate of drug-likeness (QED) is 0.0246. The zero-order valence-electron chi connectivity index (χ0n) is 39.8. The summed E-state index contributed by atoms with van der Waals surface area (Å²) in [7, 11) is 0. The molecule has 0 aliphatic rings. The number of carbonyl (C=O) groups excluding carboxylic acids is 2. The van der Waals surface area contributed by atoms with E-state index >= 15 is 0 Å². The summed E-state index contributed by atoms with van der Waals surface area (Å²) in [4.78, 5) is 26.1. The van der Waals surface area contributed by atoms with E-state index in [4.69, 9.17) is 4.74 Å². The van der Waals surface area contributed by atoms with E-state index in [0.717, 1.165) is 83.5 Å². The van der Waals surface area contributed by atoms with Crippen molar-refractivity contribution in [2.75, 3.05) is 6.61 Å². The number of rotatable bonds is 44. The average molecular weight is 850 g/mol. The Bertz CT molecular complexity index is 1180. The fourth-order valence-corrected chi connectivity index (χ4v) is 7.15. The van der Waals surface area contributed by atoms with Crippen LogP contribution in [0.3, 0.4) is 0 Å². The summed E-state index contributed by atoms with van der Waals surface area (Å²) in [6.07, 6.45) is 62.3. The zero-order chi connectivity index (χ0) is 44.5. The highest BCUT2D eigenvalue weighted by Crippen LogP contribution is 2.15. The maximum atomic E-state index is 13.2. The molecule has 6 nitrogen and oxygen atoms in total. The second kappa shape index (κ2) is 48.1. The Morgan fingerprint density at radius 2 is 0.951 bits per heavy atom. The molecule has 0 heterocycles. The molecule has 0 bridgehead atoms. The van der Waals surface area contributed by atoms with Crippen LogP contribution in [0.5, 0.6) is 0 Å². The number of esters is 1. The Kier molecular flexibility index (Phi) is 45.7. The van der Waals surface area contributed by atoms with Crippen LogP contribution in [0.4, 0.5) is 0 Å². The van der Waals surface area contributed by atoms with Crippen molar-refractivity contribution in [2.45, 2.75) is 244 Å². The third kappa shape index (κ3) is 43.5. The fraction of sp³-hybridized carbons (Fsp3) is 0.709. The maximum Gasteiger partial charge on any atom is 0.306 e. The average Bonchev–Trinajstić information content (AvgIpc) is 3.25. The topological polar surface area (TPSA) is 95.9 Å². The summed E-state index contributed by atoms with van der Waals surface area (Å²) in [6.45, 7) is 6.31. The van der Waals surface area contributed by atoms with Gasteiger partial charge in [-0.2, -0.15) is 0 Å². The van der Waals surface area contributed by atoms with E-state index in [2.05, 4.69) is 99.0 Å². The van der Waals surface area contributed by atoms with Crippen molar-refractivity contribution in [3.05, 3.63) is 85.1 Å². The molecular formula is C55H95NO5. The molecule has 350 valence electrons. The number of amides is 1. The molecule has 61 heavy (non-hydrogen) atoms. The highest BCUT2D eigenvalue weighted by atomic mass is 16.5. The van der Waals surface area contributed by atoms with Gasteiger partial charge in [0.1, 0.15) is 6.10 Å². The molecule has 3 N–H and O–H groups in total. The van der Waals surface area contributed by atoms with E-state index in [1.165, 1.54) is 96.3 Å². The molecule has 0 fully saturated rings. The fourth-order valence-electron chi connectivity index (χ4n) is 7.15. The summed E-state index contributed by atoms with van der Waals surface area (Å²) in [6, 6.07) is -0.740. The van der Waals surface area contributed by atoms with E-state index in [9.17, 15) is 19.8 Å². The minimum absolute atomic E-state index is 0.0149. The van der Waals surface area contributed by atoms with Crippen molar-refractivity contribution in [1.82, 2.24) is 5.32 Å². The van der Waals surface area contributed by atoms with Crippen LogP contribution in [-0.2, 0) is 14.3 Å². The molecule has 0 radical (unpaired) electrons. The molecule has 0 saturated heterocycles. The molecule has 0 rings (SSSR count). The number of nitrogens with one attached hydrogen (secondary N) is 1. The van der Waals surface area contributed by atoms with Crippen LogP contribution < -0.4 is 5.32 Å². The number of unbranched alkanes of at least 4 members (excludes halogenated alkanes) is 20. The Labute approximate surface area is 376 Å². The molecule has 0 aromatic carbocycles. The second-order valence-corrected chi connectivity index (χ2v) is 16.9. The molecule has 0 aliphatic carbocycles. The van der Waals surface area contributed by atoms with Gasteiger partial charge in [0, 0.05) is 12.8 Å². The molecule has 0 aliphatic heterocycles. The predicted octanol–water partition coefficient (Wildman–Crippen LogP) is 15.2. The highest BCUT2D eigenvalue weighted by molar-refractivity contribution is 5.77. The Morgan fingerprint density at radius 3 is 1.43 bits per heavy atom. The van der Waals surface area contributed by atoms with Gasteiger partial charge in [0.2, 0.25) is 5.91 Å². The van der Waals surface area contributed by atoms with Gasteiger partial charge in [-0.25, -0.2) is 0 Å². The van der Waals surface area contributed by atoms with Crippen LogP contribution in [-0.4, -0.2) is 46.9 Å². The van der Waals surface area contributed by atoms with E-state index < -0.39 is 18.2 Å². The van der Waals surface area contributed by atoms with Gasteiger partial charge in [-0.05, 0) is 70.6 Å². The summed E-state index contributed by atoms with van der Waals surface area (Å²) in [5.41, 5.74) is 0. The molecule has 3 unspecified atom stereocenters.